The molecule has 0 aromatic heterocycles. The zero-order valence-corrected chi connectivity index (χ0v) is 13.9. The number of amides is 1. The van der Waals surface area contributed by atoms with Gasteiger partial charge in [0.1, 0.15) is 5.82 Å². The quantitative estimate of drug-likeness (QED) is 0.766. The van der Waals surface area contributed by atoms with E-state index < -0.39 is 21.9 Å². The van der Waals surface area contributed by atoms with Gasteiger partial charge in [0.2, 0.25) is 15.9 Å². The molecule has 0 heterocycles. The molecule has 1 amide bonds. The average Bonchev–Trinajstić information content (AvgIpc) is 2.37. The highest BCUT2D eigenvalue weighted by molar-refractivity contribution is 7.88. The van der Waals surface area contributed by atoms with Gasteiger partial charge in [-0.25, -0.2) is 17.5 Å². The van der Waals surface area contributed by atoms with Crippen molar-refractivity contribution in [1.29, 1.82) is 0 Å². The molecule has 0 spiro atoms. The van der Waals surface area contributed by atoms with E-state index in [1.165, 1.54) is 24.3 Å². The van der Waals surface area contributed by atoms with E-state index >= 15 is 0 Å². The minimum atomic E-state index is -3.49. The summed E-state index contributed by atoms with van der Waals surface area (Å²) in [6.45, 7) is 3.92. The maximum atomic E-state index is 13.0. The Morgan fingerprint density at radius 1 is 1.27 bits per heavy atom. The van der Waals surface area contributed by atoms with Gasteiger partial charge in [0.25, 0.3) is 0 Å². The Balaban J connectivity index is 2.82. The second kappa shape index (κ2) is 8.24. The summed E-state index contributed by atoms with van der Waals surface area (Å²) in [4.78, 5) is 12.0. The Morgan fingerprint density at radius 3 is 2.36 bits per heavy atom. The average molecular weight is 330 g/mol. The van der Waals surface area contributed by atoms with Crippen LogP contribution >= 0.6 is 0 Å². The van der Waals surface area contributed by atoms with Gasteiger partial charge in [0.05, 0.1) is 12.3 Å². The summed E-state index contributed by atoms with van der Waals surface area (Å²) in [7, 11) is -3.49. The minimum absolute atomic E-state index is 0.0320. The molecule has 0 saturated carbocycles. The fourth-order valence-electron chi connectivity index (χ4n) is 2.21. The van der Waals surface area contributed by atoms with Gasteiger partial charge < -0.3 is 5.32 Å². The molecular weight excluding hydrogens is 307 g/mol. The van der Waals surface area contributed by atoms with Crippen molar-refractivity contribution in [1.82, 2.24) is 10.0 Å². The molecule has 2 unspecified atom stereocenters. The first-order valence-corrected chi connectivity index (χ1v) is 9.12. The molecule has 2 atom stereocenters. The first-order valence-electron chi connectivity index (χ1n) is 7.23. The summed E-state index contributed by atoms with van der Waals surface area (Å²) < 4.78 is 38.3. The summed E-state index contributed by atoms with van der Waals surface area (Å²) >= 11 is 0. The first-order chi connectivity index (χ1) is 10.2. The predicted molar refractivity (Wildman–Crippen MR) is 84.3 cm³/mol. The summed E-state index contributed by atoms with van der Waals surface area (Å²) in [6.07, 6.45) is 2.80. The molecule has 1 aromatic carbocycles. The second-order valence-corrected chi connectivity index (χ2v) is 7.24. The Hall–Kier alpha value is -1.47. The molecule has 0 fully saturated rings. The number of rotatable bonds is 8. The molecule has 22 heavy (non-hydrogen) atoms. The standard InChI is InChI=1S/C15H23FN2O3S/c1-4-5-11(2)17-15(19)10-14(18-22(3,20)21)12-6-8-13(16)9-7-12/h6-9,11,14,18H,4-5,10H2,1-3H3,(H,17,19). The Morgan fingerprint density at radius 2 is 1.86 bits per heavy atom. The van der Waals surface area contributed by atoms with E-state index in [0.717, 1.165) is 19.1 Å². The number of benzene rings is 1. The van der Waals surface area contributed by atoms with E-state index in [4.69, 9.17) is 0 Å². The third kappa shape index (κ3) is 7.00. The number of halogens is 1. The highest BCUT2D eigenvalue weighted by atomic mass is 32.2. The molecule has 0 saturated heterocycles. The van der Waals surface area contributed by atoms with E-state index in [9.17, 15) is 17.6 Å². The first kappa shape index (κ1) is 18.6. The highest BCUT2D eigenvalue weighted by Gasteiger charge is 2.20. The van der Waals surface area contributed by atoms with E-state index in [1.54, 1.807) is 0 Å². The SMILES string of the molecule is CCCC(C)NC(=O)CC(NS(C)(=O)=O)c1ccc(F)cc1. The van der Waals surface area contributed by atoms with Crippen LogP contribution in [0.2, 0.25) is 0 Å². The molecule has 1 aromatic rings. The van der Waals surface area contributed by atoms with E-state index in [0.29, 0.717) is 5.56 Å². The lowest BCUT2D eigenvalue weighted by molar-refractivity contribution is -0.122. The van der Waals surface area contributed by atoms with Gasteiger partial charge in [-0.15, -0.1) is 0 Å². The zero-order chi connectivity index (χ0) is 16.8. The Kier molecular flexibility index (Phi) is 6.96. The number of hydrogen-bond acceptors (Lipinski definition) is 3. The van der Waals surface area contributed by atoms with Crippen LogP contribution in [0.1, 0.15) is 44.7 Å². The van der Waals surface area contributed by atoms with Crippen LogP contribution in [0.25, 0.3) is 0 Å². The summed E-state index contributed by atoms with van der Waals surface area (Å²) in [6, 6.07) is 4.74. The molecule has 0 aliphatic heterocycles. The van der Waals surface area contributed by atoms with Crippen LogP contribution in [0, 0.1) is 5.82 Å². The molecule has 0 aliphatic carbocycles. The van der Waals surface area contributed by atoms with Crippen molar-refractivity contribution in [3.63, 3.8) is 0 Å². The van der Waals surface area contributed by atoms with Crippen LogP contribution in [0.5, 0.6) is 0 Å². The normalized spacial score (nSPS) is 14.4. The van der Waals surface area contributed by atoms with Crippen molar-refractivity contribution in [3.8, 4) is 0 Å². The fraction of sp³-hybridized carbons (Fsp3) is 0.533. The fourth-order valence-corrected chi connectivity index (χ4v) is 2.94. The summed E-state index contributed by atoms with van der Waals surface area (Å²) in [5.74, 6) is -0.658. The lowest BCUT2D eigenvalue weighted by atomic mass is 10.0. The lowest BCUT2D eigenvalue weighted by Crippen LogP contribution is -2.37. The van der Waals surface area contributed by atoms with Crippen molar-refractivity contribution >= 4 is 15.9 Å². The van der Waals surface area contributed by atoms with Crippen molar-refractivity contribution < 1.29 is 17.6 Å². The van der Waals surface area contributed by atoms with E-state index in [-0.39, 0.29) is 18.4 Å². The smallest absolute Gasteiger partial charge is 0.222 e. The lowest BCUT2D eigenvalue weighted by Gasteiger charge is -2.19. The van der Waals surface area contributed by atoms with Gasteiger partial charge >= 0.3 is 0 Å². The number of sulfonamides is 1. The third-order valence-corrected chi connectivity index (χ3v) is 3.86. The maximum absolute atomic E-state index is 13.0. The number of nitrogens with one attached hydrogen (secondary N) is 2. The van der Waals surface area contributed by atoms with Crippen LogP contribution in [-0.4, -0.2) is 26.6 Å². The summed E-state index contributed by atoms with van der Waals surface area (Å²) in [5.41, 5.74) is 0.546. The van der Waals surface area contributed by atoms with Crippen LogP contribution < -0.4 is 10.0 Å². The van der Waals surface area contributed by atoms with Gasteiger partial charge in [0, 0.05) is 12.5 Å². The monoisotopic (exact) mass is 330 g/mol. The van der Waals surface area contributed by atoms with Crippen LogP contribution in [0.3, 0.4) is 0 Å². The minimum Gasteiger partial charge on any atom is -0.354 e. The summed E-state index contributed by atoms with van der Waals surface area (Å²) in [5, 5.41) is 2.83. The molecule has 0 radical (unpaired) electrons. The van der Waals surface area contributed by atoms with Gasteiger partial charge in [0.15, 0.2) is 0 Å². The molecule has 2 N–H and O–H groups in total. The highest BCUT2D eigenvalue weighted by Crippen LogP contribution is 2.18. The number of carbonyl (C=O) groups excluding carboxylic acids is 1. The molecule has 1 rings (SSSR count). The van der Waals surface area contributed by atoms with Crippen LogP contribution in [-0.2, 0) is 14.8 Å². The molecule has 124 valence electrons. The van der Waals surface area contributed by atoms with Crippen molar-refractivity contribution in [2.75, 3.05) is 6.26 Å². The Bertz CT molecular complexity index is 587. The van der Waals surface area contributed by atoms with Gasteiger partial charge in [-0.05, 0) is 31.0 Å². The van der Waals surface area contributed by atoms with Gasteiger partial charge in [-0.3, -0.25) is 4.79 Å². The van der Waals surface area contributed by atoms with Crippen LogP contribution in [0.4, 0.5) is 4.39 Å². The maximum Gasteiger partial charge on any atom is 0.222 e. The number of carbonyl (C=O) groups is 1. The second-order valence-electron chi connectivity index (χ2n) is 5.46. The topological polar surface area (TPSA) is 75.3 Å². The molecule has 7 heteroatoms. The number of hydrogen-bond donors (Lipinski definition) is 2. The van der Waals surface area contributed by atoms with E-state index in [1.807, 2.05) is 13.8 Å². The third-order valence-electron chi connectivity index (χ3n) is 3.15. The molecule has 5 nitrogen and oxygen atoms in total. The van der Waals surface area contributed by atoms with E-state index in [2.05, 4.69) is 10.0 Å². The molecule has 0 bridgehead atoms. The van der Waals surface area contributed by atoms with Gasteiger partial charge in [-0.2, -0.15) is 0 Å². The van der Waals surface area contributed by atoms with Gasteiger partial charge in [-0.1, -0.05) is 25.5 Å². The van der Waals surface area contributed by atoms with Crippen molar-refractivity contribution in [2.45, 2.75) is 45.2 Å². The largest absolute Gasteiger partial charge is 0.354 e. The van der Waals surface area contributed by atoms with Crippen LogP contribution in [0.15, 0.2) is 24.3 Å². The van der Waals surface area contributed by atoms with Crippen molar-refractivity contribution in [2.24, 2.45) is 0 Å². The predicted octanol–water partition coefficient (Wildman–Crippen LogP) is 2.11. The van der Waals surface area contributed by atoms with Crippen molar-refractivity contribution in [3.05, 3.63) is 35.6 Å². The Labute approximate surface area is 131 Å². The molecule has 0 aliphatic rings. The zero-order valence-electron chi connectivity index (χ0n) is 13.1. The molecular formula is C15H23FN2O3S.